The van der Waals surface area contributed by atoms with E-state index in [1.54, 1.807) is 12.4 Å². The Morgan fingerprint density at radius 3 is 2.50 bits per heavy atom. The van der Waals surface area contributed by atoms with Crippen LogP contribution in [-0.2, 0) is 0 Å². The van der Waals surface area contributed by atoms with E-state index in [1.165, 1.54) is 0 Å². The van der Waals surface area contributed by atoms with E-state index in [1.807, 2.05) is 0 Å². The molecule has 90 valence electrons. The van der Waals surface area contributed by atoms with E-state index in [9.17, 15) is 0 Å². The maximum absolute atomic E-state index is 9.04. The standard InChI is InChI=1S/C11H20N4O/c1-11(2,3)8(4-7-16)15-10-9(12)13-5-6-14-10/h5-6,8,16H,4,7H2,1-3H3,(H2,12,13)(H,14,15). The van der Waals surface area contributed by atoms with Gasteiger partial charge in [0.25, 0.3) is 0 Å². The smallest absolute Gasteiger partial charge is 0.169 e. The average Bonchev–Trinajstić information content (AvgIpc) is 2.19. The third-order valence-corrected chi connectivity index (χ3v) is 2.50. The van der Waals surface area contributed by atoms with Gasteiger partial charge in [0.1, 0.15) is 0 Å². The van der Waals surface area contributed by atoms with Gasteiger partial charge in [-0.2, -0.15) is 0 Å². The molecule has 0 saturated heterocycles. The Morgan fingerprint density at radius 1 is 1.38 bits per heavy atom. The van der Waals surface area contributed by atoms with Crippen molar-refractivity contribution in [2.45, 2.75) is 33.2 Å². The molecule has 1 rings (SSSR count). The minimum absolute atomic E-state index is 0.0205. The Kier molecular flexibility index (Phi) is 4.06. The SMILES string of the molecule is CC(C)(C)C(CCO)Nc1nccnc1N. The summed E-state index contributed by atoms with van der Waals surface area (Å²) < 4.78 is 0. The Bertz CT molecular complexity index is 335. The van der Waals surface area contributed by atoms with E-state index in [2.05, 4.69) is 36.1 Å². The Morgan fingerprint density at radius 2 is 2.00 bits per heavy atom. The number of anilines is 2. The van der Waals surface area contributed by atoms with Crippen LogP contribution in [0.15, 0.2) is 12.4 Å². The molecule has 1 heterocycles. The molecule has 1 aromatic rings. The fourth-order valence-electron chi connectivity index (χ4n) is 1.48. The average molecular weight is 224 g/mol. The third-order valence-electron chi connectivity index (χ3n) is 2.50. The van der Waals surface area contributed by atoms with Crippen LogP contribution in [0.2, 0.25) is 0 Å². The van der Waals surface area contributed by atoms with Gasteiger partial charge in [-0.05, 0) is 11.8 Å². The van der Waals surface area contributed by atoms with Crippen molar-refractivity contribution in [2.75, 3.05) is 17.7 Å². The van der Waals surface area contributed by atoms with Crippen LogP contribution in [0.3, 0.4) is 0 Å². The Hall–Kier alpha value is -1.36. The van der Waals surface area contributed by atoms with E-state index >= 15 is 0 Å². The highest BCUT2D eigenvalue weighted by Crippen LogP contribution is 2.25. The van der Waals surface area contributed by atoms with Crippen molar-refractivity contribution in [3.8, 4) is 0 Å². The minimum atomic E-state index is 0.0205. The molecule has 0 aliphatic heterocycles. The van der Waals surface area contributed by atoms with Crippen molar-refractivity contribution in [2.24, 2.45) is 5.41 Å². The number of aromatic nitrogens is 2. The summed E-state index contributed by atoms with van der Waals surface area (Å²) in [5.74, 6) is 0.963. The van der Waals surface area contributed by atoms with Crippen molar-refractivity contribution in [1.82, 2.24) is 9.97 Å². The van der Waals surface area contributed by atoms with E-state index in [4.69, 9.17) is 10.8 Å². The summed E-state index contributed by atoms with van der Waals surface area (Å²) in [6, 6.07) is 0.108. The van der Waals surface area contributed by atoms with Crippen LogP contribution in [0.25, 0.3) is 0 Å². The molecule has 0 spiro atoms. The number of nitrogens with one attached hydrogen (secondary N) is 1. The quantitative estimate of drug-likeness (QED) is 0.717. The predicted octanol–water partition coefficient (Wildman–Crippen LogP) is 1.27. The number of hydrogen-bond acceptors (Lipinski definition) is 5. The van der Waals surface area contributed by atoms with Crippen molar-refractivity contribution in [3.05, 3.63) is 12.4 Å². The number of nitrogen functional groups attached to an aromatic ring is 1. The van der Waals surface area contributed by atoms with Crippen molar-refractivity contribution < 1.29 is 5.11 Å². The molecule has 0 aromatic carbocycles. The fourth-order valence-corrected chi connectivity index (χ4v) is 1.48. The number of hydrogen-bond donors (Lipinski definition) is 3. The first-order valence-corrected chi connectivity index (χ1v) is 5.39. The zero-order chi connectivity index (χ0) is 12.2. The lowest BCUT2D eigenvalue weighted by Crippen LogP contribution is -2.35. The van der Waals surface area contributed by atoms with Gasteiger partial charge in [-0.25, -0.2) is 9.97 Å². The highest BCUT2D eigenvalue weighted by Gasteiger charge is 2.24. The first-order chi connectivity index (χ1) is 7.45. The molecule has 16 heavy (non-hydrogen) atoms. The molecule has 5 nitrogen and oxygen atoms in total. The van der Waals surface area contributed by atoms with Crippen LogP contribution in [0.4, 0.5) is 11.6 Å². The molecule has 0 fully saturated rings. The van der Waals surface area contributed by atoms with Crippen LogP contribution < -0.4 is 11.1 Å². The highest BCUT2D eigenvalue weighted by atomic mass is 16.3. The van der Waals surface area contributed by atoms with E-state index < -0.39 is 0 Å². The molecule has 4 N–H and O–H groups in total. The number of rotatable bonds is 4. The minimum Gasteiger partial charge on any atom is -0.396 e. The van der Waals surface area contributed by atoms with Crippen LogP contribution in [0.5, 0.6) is 0 Å². The highest BCUT2D eigenvalue weighted by molar-refractivity contribution is 5.55. The summed E-state index contributed by atoms with van der Waals surface area (Å²) in [5, 5.41) is 12.3. The van der Waals surface area contributed by atoms with Gasteiger partial charge in [-0.15, -0.1) is 0 Å². The van der Waals surface area contributed by atoms with Crippen molar-refractivity contribution in [1.29, 1.82) is 0 Å². The molecule has 0 radical (unpaired) electrons. The van der Waals surface area contributed by atoms with Gasteiger partial charge in [0.05, 0.1) is 0 Å². The van der Waals surface area contributed by atoms with E-state index in [0.717, 1.165) is 0 Å². The van der Waals surface area contributed by atoms with Gasteiger partial charge in [-0.1, -0.05) is 20.8 Å². The maximum Gasteiger partial charge on any atom is 0.169 e. The molecule has 0 aliphatic rings. The Balaban J connectivity index is 2.80. The normalized spacial score (nSPS) is 13.5. The summed E-state index contributed by atoms with van der Waals surface area (Å²) in [6.07, 6.45) is 3.80. The van der Waals surface area contributed by atoms with Gasteiger partial charge in [-0.3, -0.25) is 0 Å². The van der Waals surface area contributed by atoms with Crippen molar-refractivity contribution in [3.63, 3.8) is 0 Å². The Labute approximate surface area is 96.1 Å². The topological polar surface area (TPSA) is 84.1 Å². The number of aliphatic hydroxyl groups is 1. The largest absolute Gasteiger partial charge is 0.396 e. The summed E-state index contributed by atoms with van der Waals surface area (Å²) in [6.45, 7) is 6.45. The summed E-state index contributed by atoms with van der Waals surface area (Å²) in [7, 11) is 0. The second-order valence-corrected chi connectivity index (χ2v) is 4.87. The van der Waals surface area contributed by atoms with Crippen LogP contribution in [-0.4, -0.2) is 27.7 Å². The van der Waals surface area contributed by atoms with Crippen molar-refractivity contribution >= 4 is 11.6 Å². The lowest BCUT2D eigenvalue weighted by atomic mass is 9.85. The third kappa shape index (κ3) is 3.34. The second kappa shape index (κ2) is 5.12. The molecular formula is C11H20N4O. The summed E-state index contributed by atoms with van der Waals surface area (Å²) in [4.78, 5) is 8.10. The number of nitrogens with two attached hydrogens (primary N) is 1. The molecule has 0 saturated carbocycles. The molecule has 5 heteroatoms. The van der Waals surface area contributed by atoms with Crippen LogP contribution in [0.1, 0.15) is 27.2 Å². The molecule has 0 aliphatic carbocycles. The van der Waals surface area contributed by atoms with E-state index in [0.29, 0.717) is 18.1 Å². The number of nitrogens with zero attached hydrogens (tertiary/aromatic N) is 2. The number of aliphatic hydroxyl groups excluding tert-OH is 1. The first kappa shape index (κ1) is 12.7. The zero-order valence-corrected chi connectivity index (χ0v) is 10.1. The van der Waals surface area contributed by atoms with Gasteiger partial charge in [0, 0.05) is 25.0 Å². The maximum atomic E-state index is 9.04. The van der Waals surface area contributed by atoms with Crippen LogP contribution in [0, 0.1) is 5.41 Å². The first-order valence-electron chi connectivity index (χ1n) is 5.39. The van der Waals surface area contributed by atoms with Gasteiger partial charge in [0.15, 0.2) is 11.6 Å². The fraction of sp³-hybridized carbons (Fsp3) is 0.636. The zero-order valence-electron chi connectivity index (χ0n) is 10.1. The van der Waals surface area contributed by atoms with Gasteiger partial charge < -0.3 is 16.2 Å². The molecular weight excluding hydrogens is 204 g/mol. The predicted molar refractivity (Wildman–Crippen MR) is 65.0 cm³/mol. The lowest BCUT2D eigenvalue weighted by molar-refractivity contribution is 0.235. The monoisotopic (exact) mass is 224 g/mol. The van der Waals surface area contributed by atoms with Crippen LogP contribution >= 0.6 is 0 Å². The summed E-state index contributed by atoms with van der Waals surface area (Å²) in [5.41, 5.74) is 5.73. The van der Waals surface area contributed by atoms with Gasteiger partial charge >= 0.3 is 0 Å². The molecule has 1 aromatic heterocycles. The summed E-state index contributed by atoms with van der Waals surface area (Å²) >= 11 is 0. The van der Waals surface area contributed by atoms with E-state index in [-0.39, 0.29) is 18.1 Å². The molecule has 1 atom stereocenters. The molecule has 0 bridgehead atoms. The molecule has 0 amide bonds. The molecule has 1 unspecified atom stereocenters. The second-order valence-electron chi connectivity index (χ2n) is 4.87. The lowest BCUT2D eigenvalue weighted by Gasteiger charge is -2.31. The van der Waals surface area contributed by atoms with Gasteiger partial charge in [0.2, 0.25) is 0 Å².